The van der Waals surface area contributed by atoms with Crippen molar-refractivity contribution in [3.05, 3.63) is 11.5 Å². The highest BCUT2D eigenvalue weighted by molar-refractivity contribution is 7.99. The van der Waals surface area contributed by atoms with Gasteiger partial charge in [0.25, 0.3) is 0 Å². The van der Waals surface area contributed by atoms with Crippen LogP contribution in [0.4, 0.5) is 0 Å². The van der Waals surface area contributed by atoms with Gasteiger partial charge in [-0.2, -0.15) is 11.8 Å². The van der Waals surface area contributed by atoms with Gasteiger partial charge in [0, 0.05) is 5.75 Å². The highest BCUT2D eigenvalue weighted by Gasteiger charge is 2.40. The molecule has 2 N–H and O–H groups in total. The van der Waals surface area contributed by atoms with Crippen molar-refractivity contribution in [2.75, 3.05) is 18.6 Å². The van der Waals surface area contributed by atoms with Gasteiger partial charge in [-0.05, 0) is 12.2 Å². The summed E-state index contributed by atoms with van der Waals surface area (Å²) < 4.78 is 9.90. The van der Waals surface area contributed by atoms with Gasteiger partial charge >= 0.3 is 5.97 Å². The van der Waals surface area contributed by atoms with Gasteiger partial charge in [-0.15, -0.1) is 0 Å². The quantitative estimate of drug-likeness (QED) is 0.328. The normalized spacial score (nSPS) is 18.5. The summed E-state index contributed by atoms with van der Waals surface area (Å²) >= 11 is 1.64. The lowest BCUT2D eigenvalue weighted by molar-refractivity contribution is -0.146. The Balaban J connectivity index is 1.99. The van der Waals surface area contributed by atoms with Crippen LogP contribution in [0.3, 0.4) is 0 Å². The van der Waals surface area contributed by atoms with E-state index < -0.39 is 23.9 Å². The Bertz CT molecular complexity index is 411. The Morgan fingerprint density at radius 1 is 1.08 bits per heavy atom. The van der Waals surface area contributed by atoms with Gasteiger partial charge in [-0.25, -0.2) is 4.79 Å². The van der Waals surface area contributed by atoms with Crippen LogP contribution < -0.4 is 0 Å². The second-order valence-corrected chi connectivity index (χ2v) is 7.72. The average Bonchev–Trinajstić information content (AvgIpc) is 2.90. The van der Waals surface area contributed by atoms with E-state index in [0.29, 0.717) is 5.75 Å². The number of hydrogen-bond acceptors (Lipinski definition) is 6. The second-order valence-electron chi connectivity index (χ2n) is 6.57. The fraction of sp³-hybridized carbons (Fsp3) is 0.842. The Labute approximate surface area is 156 Å². The molecule has 0 aliphatic carbocycles. The molecule has 25 heavy (non-hydrogen) atoms. The van der Waals surface area contributed by atoms with Crippen LogP contribution in [-0.2, 0) is 14.3 Å². The Hall–Kier alpha value is -0.880. The lowest BCUT2D eigenvalue weighted by Gasteiger charge is -2.18. The monoisotopic (exact) mass is 374 g/mol. The van der Waals surface area contributed by atoms with Crippen LogP contribution in [0.15, 0.2) is 11.5 Å². The average molecular weight is 375 g/mol. The number of unbranched alkanes of at least 4 members (excludes halogenated alkanes) is 9. The maximum absolute atomic E-state index is 11.3. The Morgan fingerprint density at radius 3 is 2.20 bits per heavy atom. The molecular weight excluding hydrogens is 340 g/mol. The van der Waals surface area contributed by atoms with E-state index in [1.165, 1.54) is 64.9 Å². The van der Waals surface area contributed by atoms with Gasteiger partial charge in [-0.1, -0.05) is 64.7 Å². The molecule has 0 spiro atoms. The van der Waals surface area contributed by atoms with E-state index in [1.807, 2.05) is 0 Å². The third kappa shape index (κ3) is 8.36. The van der Waals surface area contributed by atoms with Gasteiger partial charge in [0.1, 0.15) is 6.10 Å². The minimum Gasteiger partial charge on any atom is -0.499 e. The summed E-state index contributed by atoms with van der Waals surface area (Å²) in [6.45, 7) is 2.24. The smallest absolute Gasteiger partial charge is 0.378 e. The molecule has 0 amide bonds. The van der Waals surface area contributed by atoms with Crippen LogP contribution in [-0.4, -0.2) is 47.0 Å². The van der Waals surface area contributed by atoms with Crippen molar-refractivity contribution in [2.45, 2.75) is 83.3 Å². The van der Waals surface area contributed by atoms with E-state index in [-0.39, 0.29) is 5.76 Å². The third-order valence-electron chi connectivity index (χ3n) is 4.42. The largest absolute Gasteiger partial charge is 0.499 e. The van der Waals surface area contributed by atoms with Crippen molar-refractivity contribution in [1.82, 2.24) is 0 Å². The number of aliphatic hydroxyl groups is 2. The Kier molecular flexibility index (Phi) is 11.8. The predicted molar refractivity (Wildman–Crippen MR) is 102 cm³/mol. The van der Waals surface area contributed by atoms with Crippen molar-refractivity contribution in [2.24, 2.45) is 0 Å². The maximum Gasteiger partial charge on any atom is 0.378 e. The number of cyclic esters (lactones) is 1. The SMILES string of the molecule is CCCCCCCCCCCCSC[C@H](O)[C@H]1OC(=O)C(O)=C1OC. The van der Waals surface area contributed by atoms with Crippen LogP contribution in [0.2, 0.25) is 0 Å². The van der Waals surface area contributed by atoms with Gasteiger partial charge in [-0.3, -0.25) is 0 Å². The molecule has 0 saturated carbocycles. The molecule has 0 fully saturated rings. The molecule has 0 saturated heterocycles. The predicted octanol–water partition coefficient (Wildman–Crippen LogP) is 4.34. The summed E-state index contributed by atoms with van der Waals surface area (Å²) in [7, 11) is 1.35. The van der Waals surface area contributed by atoms with Crippen molar-refractivity contribution >= 4 is 17.7 Å². The number of ether oxygens (including phenoxy) is 2. The van der Waals surface area contributed by atoms with Crippen molar-refractivity contribution in [3.8, 4) is 0 Å². The molecule has 0 unspecified atom stereocenters. The number of rotatable bonds is 15. The van der Waals surface area contributed by atoms with E-state index in [1.54, 1.807) is 11.8 Å². The summed E-state index contributed by atoms with van der Waals surface area (Å²) in [4.78, 5) is 11.3. The fourth-order valence-corrected chi connectivity index (χ4v) is 3.90. The summed E-state index contributed by atoms with van der Waals surface area (Å²) in [5.41, 5.74) is 0. The standard InChI is InChI=1S/C19H34O5S/c1-3-4-5-6-7-8-9-10-11-12-13-25-14-15(20)17-18(23-2)16(21)19(22)24-17/h15,17,20-21H,3-14H2,1-2H3/t15-,17+/m0/s1. The zero-order chi connectivity index (χ0) is 18.5. The molecule has 0 aromatic carbocycles. The number of methoxy groups -OCH3 is 1. The third-order valence-corrected chi connectivity index (χ3v) is 5.57. The highest BCUT2D eigenvalue weighted by atomic mass is 32.2. The number of esters is 1. The molecule has 0 aromatic heterocycles. The van der Waals surface area contributed by atoms with Gasteiger partial charge in [0.2, 0.25) is 5.76 Å². The van der Waals surface area contributed by atoms with E-state index >= 15 is 0 Å². The van der Waals surface area contributed by atoms with Crippen molar-refractivity contribution < 1.29 is 24.5 Å². The first kappa shape index (κ1) is 22.2. The lowest BCUT2D eigenvalue weighted by atomic mass is 10.1. The summed E-state index contributed by atoms with van der Waals surface area (Å²) in [6, 6.07) is 0. The molecule has 5 nitrogen and oxygen atoms in total. The first-order chi connectivity index (χ1) is 12.1. The molecule has 146 valence electrons. The lowest BCUT2D eigenvalue weighted by Crippen LogP contribution is -2.31. The summed E-state index contributed by atoms with van der Waals surface area (Å²) in [6.07, 6.45) is 11.3. The molecule has 6 heteroatoms. The van der Waals surface area contributed by atoms with Crippen LogP contribution in [0.5, 0.6) is 0 Å². The topological polar surface area (TPSA) is 76.0 Å². The van der Waals surface area contributed by atoms with Gasteiger partial charge < -0.3 is 19.7 Å². The molecule has 0 radical (unpaired) electrons. The van der Waals surface area contributed by atoms with E-state index in [4.69, 9.17) is 9.47 Å². The van der Waals surface area contributed by atoms with Crippen LogP contribution >= 0.6 is 11.8 Å². The van der Waals surface area contributed by atoms with Gasteiger partial charge in [0.05, 0.1) is 7.11 Å². The summed E-state index contributed by atoms with van der Waals surface area (Å²) in [5, 5.41) is 19.6. The first-order valence-corrected chi connectivity index (χ1v) is 10.7. The molecule has 0 aromatic rings. The van der Waals surface area contributed by atoms with E-state index in [2.05, 4.69) is 6.92 Å². The molecular formula is C19H34O5S. The molecule has 1 aliphatic rings. The second kappa shape index (κ2) is 13.3. The fourth-order valence-electron chi connectivity index (χ4n) is 2.91. The number of aliphatic hydroxyl groups excluding tert-OH is 2. The number of thioether (sulfide) groups is 1. The molecule has 1 heterocycles. The summed E-state index contributed by atoms with van der Waals surface area (Å²) in [5.74, 6) is 0.0887. The van der Waals surface area contributed by atoms with Crippen molar-refractivity contribution in [3.63, 3.8) is 0 Å². The zero-order valence-electron chi connectivity index (χ0n) is 15.7. The zero-order valence-corrected chi connectivity index (χ0v) is 16.5. The number of hydrogen-bond donors (Lipinski definition) is 2. The van der Waals surface area contributed by atoms with E-state index in [9.17, 15) is 15.0 Å². The Morgan fingerprint density at radius 2 is 1.64 bits per heavy atom. The van der Waals surface area contributed by atoms with E-state index in [0.717, 1.165) is 12.2 Å². The first-order valence-electron chi connectivity index (χ1n) is 9.55. The molecule has 1 rings (SSSR count). The minimum atomic E-state index is -0.891. The maximum atomic E-state index is 11.3. The van der Waals surface area contributed by atoms with Crippen LogP contribution in [0.1, 0.15) is 71.1 Å². The molecule has 1 aliphatic heterocycles. The number of carbonyl (C=O) groups excluding carboxylic acids is 1. The minimum absolute atomic E-state index is 0.0250. The van der Waals surface area contributed by atoms with Crippen LogP contribution in [0.25, 0.3) is 0 Å². The highest BCUT2D eigenvalue weighted by Crippen LogP contribution is 2.26. The number of carbonyl (C=O) groups is 1. The molecule has 2 atom stereocenters. The van der Waals surface area contributed by atoms with Crippen LogP contribution in [0, 0.1) is 0 Å². The van der Waals surface area contributed by atoms with Gasteiger partial charge in [0.15, 0.2) is 11.9 Å². The molecule has 0 bridgehead atoms. The van der Waals surface area contributed by atoms with Crippen molar-refractivity contribution in [1.29, 1.82) is 0 Å².